The first-order chi connectivity index (χ1) is 16.4. The predicted octanol–water partition coefficient (Wildman–Crippen LogP) is 2.93. The normalized spacial score (nSPS) is 13.0. The standard InChI is InChI=1S/C25H26N4O5/c1-28(14-12-22(30)31)24(32)23(21-11-13-26-29(21)2)27-25(33)34-15-20-18-9-5-3-7-16(18)17-8-4-6-10-19(17)20/h3-11,13,20,23H,12,14-15H2,1-2H3,(H,27,33)(H,30,31). The predicted molar refractivity (Wildman–Crippen MR) is 124 cm³/mol. The fourth-order valence-corrected chi connectivity index (χ4v) is 4.28. The SMILES string of the molecule is CN(CCC(=O)O)C(=O)C(NC(=O)OCC1c2ccccc2-c2ccccc21)c1ccnn1C. The van der Waals surface area contributed by atoms with Crippen LogP contribution < -0.4 is 5.32 Å². The van der Waals surface area contributed by atoms with Crippen LogP contribution in [0.1, 0.15) is 35.2 Å². The van der Waals surface area contributed by atoms with E-state index in [1.165, 1.54) is 22.8 Å². The van der Waals surface area contributed by atoms with Gasteiger partial charge in [-0.3, -0.25) is 14.3 Å². The largest absolute Gasteiger partial charge is 0.481 e. The van der Waals surface area contributed by atoms with Gasteiger partial charge in [-0.2, -0.15) is 5.10 Å². The number of carboxylic acid groups (broad SMARTS) is 1. The van der Waals surface area contributed by atoms with Crippen LogP contribution in [0.4, 0.5) is 4.79 Å². The van der Waals surface area contributed by atoms with Gasteiger partial charge in [0.2, 0.25) is 0 Å². The Hall–Kier alpha value is -4.14. The Labute approximate surface area is 196 Å². The zero-order valence-electron chi connectivity index (χ0n) is 19.0. The van der Waals surface area contributed by atoms with E-state index in [4.69, 9.17) is 9.84 Å². The van der Waals surface area contributed by atoms with E-state index < -0.39 is 24.0 Å². The molecule has 1 heterocycles. The number of nitrogens with one attached hydrogen (secondary N) is 1. The fourth-order valence-electron chi connectivity index (χ4n) is 4.28. The van der Waals surface area contributed by atoms with Crippen molar-refractivity contribution in [2.45, 2.75) is 18.4 Å². The molecule has 1 unspecified atom stereocenters. The molecule has 0 radical (unpaired) electrons. The van der Waals surface area contributed by atoms with Crippen LogP contribution in [0.5, 0.6) is 0 Å². The number of hydrogen-bond donors (Lipinski definition) is 2. The van der Waals surface area contributed by atoms with Crippen LogP contribution in [0, 0.1) is 0 Å². The highest BCUT2D eigenvalue weighted by Crippen LogP contribution is 2.44. The van der Waals surface area contributed by atoms with Crippen molar-refractivity contribution >= 4 is 18.0 Å². The van der Waals surface area contributed by atoms with Gasteiger partial charge in [-0.25, -0.2) is 4.79 Å². The van der Waals surface area contributed by atoms with E-state index in [0.717, 1.165) is 22.3 Å². The number of benzene rings is 2. The van der Waals surface area contributed by atoms with Crippen molar-refractivity contribution in [3.63, 3.8) is 0 Å². The van der Waals surface area contributed by atoms with Crippen LogP contribution in [-0.2, 0) is 21.4 Å². The molecule has 1 aliphatic carbocycles. The second-order valence-corrected chi connectivity index (χ2v) is 8.19. The third-order valence-electron chi connectivity index (χ3n) is 6.04. The molecule has 2 N–H and O–H groups in total. The number of hydrogen-bond acceptors (Lipinski definition) is 5. The summed E-state index contributed by atoms with van der Waals surface area (Å²) in [6, 6.07) is 16.6. The van der Waals surface area contributed by atoms with Crippen molar-refractivity contribution in [2.24, 2.45) is 7.05 Å². The van der Waals surface area contributed by atoms with Crippen LogP contribution in [0.25, 0.3) is 11.1 Å². The minimum atomic E-state index is -1.07. The molecule has 9 heteroatoms. The Bertz CT molecular complexity index is 1180. The summed E-state index contributed by atoms with van der Waals surface area (Å²) in [6.07, 6.45) is 0.574. The van der Waals surface area contributed by atoms with Crippen molar-refractivity contribution in [2.75, 3.05) is 20.2 Å². The average Bonchev–Trinajstić information content (AvgIpc) is 3.40. The molecule has 0 saturated carbocycles. The molecule has 0 saturated heterocycles. The summed E-state index contributed by atoms with van der Waals surface area (Å²) in [4.78, 5) is 38.0. The summed E-state index contributed by atoms with van der Waals surface area (Å²) in [5.41, 5.74) is 4.87. The highest BCUT2D eigenvalue weighted by atomic mass is 16.5. The molecule has 176 valence electrons. The lowest BCUT2D eigenvalue weighted by molar-refractivity contribution is -0.138. The van der Waals surface area contributed by atoms with Crippen molar-refractivity contribution in [3.8, 4) is 11.1 Å². The van der Waals surface area contributed by atoms with Gasteiger partial charge in [-0.15, -0.1) is 0 Å². The lowest BCUT2D eigenvalue weighted by atomic mass is 9.98. The van der Waals surface area contributed by atoms with Gasteiger partial charge < -0.3 is 20.1 Å². The summed E-state index contributed by atoms with van der Waals surface area (Å²) >= 11 is 0. The van der Waals surface area contributed by atoms with Crippen LogP contribution in [0.3, 0.4) is 0 Å². The molecule has 0 fully saturated rings. The number of aromatic nitrogens is 2. The van der Waals surface area contributed by atoms with Crippen LogP contribution in [0.2, 0.25) is 0 Å². The van der Waals surface area contributed by atoms with Gasteiger partial charge in [0, 0.05) is 32.8 Å². The molecule has 2 amide bonds. The van der Waals surface area contributed by atoms with E-state index in [0.29, 0.717) is 5.69 Å². The number of carbonyl (C=O) groups excluding carboxylic acids is 2. The summed E-state index contributed by atoms with van der Waals surface area (Å²) in [7, 11) is 3.15. The van der Waals surface area contributed by atoms with Gasteiger partial charge in [0.25, 0.3) is 5.91 Å². The van der Waals surface area contributed by atoms with E-state index in [9.17, 15) is 14.4 Å². The first-order valence-electron chi connectivity index (χ1n) is 10.9. The van der Waals surface area contributed by atoms with Gasteiger partial charge in [0.05, 0.1) is 12.1 Å². The molecule has 4 rings (SSSR count). The number of fused-ring (bicyclic) bond motifs is 3. The van der Waals surface area contributed by atoms with Gasteiger partial charge in [0.15, 0.2) is 6.04 Å². The Balaban J connectivity index is 1.48. The second kappa shape index (κ2) is 9.78. The monoisotopic (exact) mass is 462 g/mol. The first-order valence-corrected chi connectivity index (χ1v) is 10.9. The minimum absolute atomic E-state index is 0.00882. The highest BCUT2D eigenvalue weighted by Gasteiger charge is 2.31. The summed E-state index contributed by atoms with van der Waals surface area (Å²) < 4.78 is 7.08. The molecule has 1 aliphatic rings. The maximum atomic E-state index is 13.1. The topological polar surface area (TPSA) is 114 Å². The Morgan fingerprint density at radius 2 is 1.71 bits per heavy atom. The number of amides is 2. The molecule has 9 nitrogen and oxygen atoms in total. The quantitative estimate of drug-likeness (QED) is 0.532. The molecular formula is C25H26N4O5. The Morgan fingerprint density at radius 1 is 1.09 bits per heavy atom. The maximum Gasteiger partial charge on any atom is 0.408 e. The molecule has 1 aromatic heterocycles. The molecular weight excluding hydrogens is 436 g/mol. The van der Waals surface area contributed by atoms with E-state index in [-0.39, 0.29) is 25.5 Å². The van der Waals surface area contributed by atoms with E-state index in [1.807, 2.05) is 36.4 Å². The smallest absolute Gasteiger partial charge is 0.408 e. The number of aryl methyl sites for hydroxylation is 1. The highest BCUT2D eigenvalue weighted by molar-refractivity contribution is 5.87. The van der Waals surface area contributed by atoms with Gasteiger partial charge in [-0.1, -0.05) is 48.5 Å². The number of likely N-dealkylation sites (N-methyl/N-ethyl adjacent to an activating group) is 1. The number of ether oxygens (including phenoxy) is 1. The Morgan fingerprint density at radius 3 is 2.26 bits per heavy atom. The van der Waals surface area contributed by atoms with Gasteiger partial charge >= 0.3 is 12.1 Å². The van der Waals surface area contributed by atoms with Gasteiger partial charge in [0.1, 0.15) is 6.61 Å². The molecule has 1 atom stereocenters. The van der Waals surface area contributed by atoms with E-state index in [2.05, 4.69) is 22.5 Å². The molecule has 0 spiro atoms. The molecule has 0 aliphatic heterocycles. The molecule has 2 aromatic carbocycles. The number of alkyl carbamates (subject to hydrolysis) is 1. The fraction of sp³-hybridized carbons (Fsp3) is 0.280. The number of aliphatic carboxylic acids is 1. The van der Waals surface area contributed by atoms with Crippen molar-refractivity contribution in [3.05, 3.63) is 77.6 Å². The lowest BCUT2D eigenvalue weighted by Crippen LogP contribution is -2.43. The third kappa shape index (κ3) is 4.63. The number of rotatable bonds is 8. The summed E-state index contributed by atoms with van der Waals surface area (Å²) in [5.74, 6) is -1.58. The first kappa shape index (κ1) is 23.0. The van der Waals surface area contributed by atoms with Crippen molar-refractivity contribution in [1.82, 2.24) is 20.0 Å². The summed E-state index contributed by atoms with van der Waals surface area (Å²) in [6.45, 7) is 0.121. The summed E-state index contributed by atoms with van der Waals surface area (Å²) in [5, 5.41) is 15.6. The molecule has 0 bridgehead atoms. The van der Waals surface area contributed by atoms with Crippen molar-refractivity contribution in [1.29, 1.82) is 0 Å². The zero-order valence-corrected chi connectivity index (χ0v) is 19.0. The van der Waals surface area contributed by atoms with Crippen molar-refractivity contribution < 1.29 is 24.2 Å². The maximum absolute atomic E-state index is 13.1. The number of carbonyl (C=O) groups is 3. The van der Waals surface area contributed by atoms with E-state index in [1.54, 1.807) is 13.1 Å². The van der Waals surface area contributed by atoms with Gasteiger partial charge in [-0.05, 0) is 28.3 Å². The van der Waals surface area contributed by atoms with Crippen LogP contribution in [0.15, 0.2) is 60.8 Å². The zero-order chi connectivity index (χ0) is 24.2. The number of carboxylic acids is 1. The lowest BCUT2D eigenvalue weighted by Gasteiger charge is -2.24. The van der Waals surface area contributed by atoms with Crippen LogP contribution >= 0.6 is 0 Å². The second-order valence-electron chi connectivity index (χ2n) is 8.19. The molecule has 3 aromatic rings. The minimum Gasteiger partial charge on any atom is -0.481 e. The Kier molecular flexibility index (Phi) is 6.62. The average molecular weight is 463 g/mol. The third-order valence-corrected chi connectivity index (χ3v) is 6.04. The molecule has 34 heavy (non-hydrogen) atoms. The number of nitrogens with zero attached hydrogens (tertiary/aromatic N) is 3. The van der Waals surface area contributed by atoms with E-state index >= 15 is 0 Å². The van der Waals surface area contributed by atoms with Crippen LogP contribution in [-0.4, -0.2) is 58.0 Å².